The largest absolute Gasteiger partial charge is 0.550 e. The molecule has 0 aromatic heterocycles. The maximum atomic E-state index is 12.6. The molecular formula is C20H24NO5S2-. The van der Waals surface area contributed by atoms with Gasteiger partial charge in [0.2, 0.25) is 0 Å². The summed E-state index contributed by atoms with van der Waals surface area (Å²) in [6, 6.07) is 5.53. The SMILES string of the molecule is CCOc1cc(/C=C2\SC(=S)N(CCCC(=O)[O-])C2=O)ccc1OCC(C)C. The van der Waals surface area contributed by atoms with Gasteiger partial charge in [-0.15, -0.1) is 0 Å². The van der Waals surface area contributed by atoms with Gasteiger partial charge in [-0.2, -0.15) is 0 Å². The van der Waals surface area contributed by atoms with Crippen LogP contribution in [-0.4, -0.2) is 40.9 Å². The molecule has 0 N–H and O–H groups in total. The Labute approximate surface area is 174 Å². The van der Waals surface area contributed by atoms with Gasteiger partial charge in [0.1, 0.15) is 4.32 Å². The van der Waals surface area contributed by atoms with Gasteiger partial charge in [-0.25, -0.2) is 0 Å². The van der Waals surface area contributed by atoms with Crippen molar-refractivity contribution in [3.8, 4) is 11.5 Å². The van der Waals surface area contributed by atoms with Crippen LogP contribution in [0.4, 0.5) is 0 Å². The lowest BCUT2D eigenvalue weighted by atomic mass is 10.1. The molecule has 0 aliphatic carbocycles. The number of ether oxygens (including phenoxy) is 2. The quantitative estimate of drug-likeness (QED) is 0.424. The van der Waals surface area contributed by atoms with Gasteiger partial charge in [-0.3, -0.25) is 9.69 Å². The average Bonchev–Trinajstić information content (AvgIpc) is 2.88. The van der Waals surface area contributed by atoms with Gasteiger partial charge in [0.05, 0.1) is 18.1 Å². The Kier molecular flexibility index (Phi) is 8.32. The van der Waals surface area contributed by atoms with Crippen molar-refractivity contribution in [1.82, 2.24) is 4.90 Å². The van der Waals surface area contributed by atoms with Gasteiger partial charge in [0, 0.05) is 12.5 Å². The van der Waals surface area contributed by atoms with Crippen LogP contribution in [0.15, 0.2) is 23.1 Å². The molecule has 1 heterocycles. The van der Waals surface area contributed by atoms with E-state index in [2.05, 4.69) is 13.8 Å². The van der Waals surface area contributed by atoms with Gasteiger partial charge in [-0.1, -0.05) is 43.9 Å². The molecule has 1 saturated heterocycles. The van der Waals surface area contributed by atoms with Crippen LogP contribution in [0.1, 0.15) is 39.2 Å². The topological polar surface area (TPSA) is 78.9 Å². The number of thiocarbonyl (C=S) groups is 1. The monoisotopic (exact) mass is 422 g/mol. The second-order valence-electron chi connectivity index (χ2n) is 6.65. The number of carboxylic acids is 1. The molecule has 0 unspecified atom stereocenters. The minimum absolute atomic E-state index is 0.105. The summed E-state index contributed by atoms with van der Waals surface area (Å²) in [5.41, 5.74) is 0.801. The van der Waals surface area contributed by atoms with Crippen molar-refractivity contribution in [2.75, 3.05) is 19.8 Å². The second-order valence-corrected chi connectivity index (χ2v) is 8.33. The highest BCUT2D eigenvalue weighted by molar-refractivity contribution is 8.26. The van der Waals surface area contributed by atoms with Gasteiger partial charge in [0.25, 0.3) is 5.91 Å². The number of carbonyl (C=O) groups excluding carboxylic acids is 2. The van der Waals surface area contributed by atoms with Crippen LogP contribution in [0.3, 0.4) is 0 Å². The molecule has 0 spiro atoms. The Morgan fingerprint density at radius 1 is 1.32 bits per heavy atom. The van der Waals surface area contributed by atoms with Crippen LogP contribution in [0, 0.1) is 5.92 Å². The number of hydrogen-bond acceptors (Lipinski definition) is 7. The van der Waals surface area contributed by atoms with Crippen molar-refractivity contribution in [1.29, 1.82) is 0 Å². The second kappa shape index (κ2) is 10.5. The summed E-state index contributed by atoms with van der Waals surface area (Å²) >= 11 is 6.46. The summed E-state index contributed by atoms with van der Waals surface area (Å²) in [6.07, 6.45) is 1.96. The third kappa shape index (κ3) is 6.24. The van der Waals surface area contributed by atoms with Gasteiger partial charge >= 0.3 is 0 Å². The first-order valence-electron chi connectivity index (χ1n) is 9.16. The van der Waals surface area contributed by atoms with E-state index in [1.54, 1.807) is 6.08 Å². The molecular weight excluding hydrogens is 398 g/mol. The number of aliphatic carboxylic acids is 1. The predicted octanol–water partition coefficient (Wildman–Crippen LogP) is 2.85. The minimum Gasteiger partial charge on any atom is -0.550 e. The first kappa shape index (κ1) is 22.2. The maximum absolute atomic E-state index is 12.6. The molecule has 0 bridgehead atoms. The zero-order valence-electron chi connectivity index (χ0n) is 16.2. The molecule has 1 aliphatic rings. The van der Waals surface area contributed by atoms with Crippen molar-refractivity contribution < 1.29 is 24.2 Å². The number of amides is 1. The molecule has 1 fully saturated rings. The fraction of sp³-hybridized carbons (Fsp3) is 0.450. The molecule has 152 valence electrons. The van der Waals surface area contributed by atoms with Crippen molar-refractivity contribution in [2.24, 2.45) is 5.92 Å². The number of hydrogen-bond donors (Lipinski definition) is 0. The molecule has 1 amide bonds. The highest BCUT2D eigenvalue weighted by Crippen LogP contribution is 2.35. The summed E-state index contributed by atoms with van der Waals surface area (Å²) in [5.74, 6) is 0.340. The number of nitrogens with zero attached hydrogens (tertiary/aromatic N) is 1. The van der Waals surface area contributed by atoms with Crippen LogP contribution < -0.4 is 14.6 Å². The lowest BCUT2D eigenvalue weighted by Crippen LogP contribution is -2.30. The molecule has 0 saturated carbocycles. The molecule has 1 aromatic carbocycles. The van der Waals surface area contributed by atoms with Crippen molar-refractivity contribution >= 4 is 46.3 Å². The molecule has 1 aromatic rings. The fourth-order valence-electron chi connectivity index (χ4n) is 2.48. The van der Waals surface area contributed by atoms with Crippen molar-refractivity contribution in [2.45, 2.75) is 33.6 Å². The average molecular weight is 423 g/mol. The lowest BCUT2D eigenvalue weighted by molar-refractivity contribution is -0.305. The van der Waals surface area contributed by atoms with E-state index in [-0.39, 0.29) is 18.9 Å². The number of carboxylic acid groups (broad SMARTS) is 1. The Morgan fingerprint density at radius 2 is 2.07 bits per heavy atom. The summed E-state index contributed by atoms with van der Waals surface area (Å²) in [7, 11) is 0. The zero-order valence-corrected chi connectivity index (χ0v) is 17.9. The van der Waals surface area contributed by atoms with Crippen molar-refractivity contribution in [3.63, 3.8) is 0 Å². The minimum atomic E-state index is -1.13. The van der Waals surface area contributed by atoms with Crippen molar-refractivity contribution in [3.05, 3.63) is 28.7 Å². The molecule has 6 nitrogen and oxygen atoms in total. The standard InChI is InChI=1S/C20H25NO5S2/c1-4-25-16-10-14(7-8-15(16)26-12-13(2)3)11-17-19(24)21(20(27)28-17)9-5-6-18(22)23/h7-8,10-11,13H,4-6,9,12H2,1-3H3,(H,22,23)/p-1/b17-11-. The van der Waals surface area contributed by atoms with Crippen LogP contribution in [0.5, 0.6) is 11.5 Å². The highest BCUT2D eigenvalue weighted by atomic mass is 32.2. The molecule has 1 aliphatic heterocycles. The smallest absolute Gasteiger partial charge is 0.266 e. The number of thioether (sulfide) groups is 1. The van der Waals surface area contributed by atoms with Crippen LogP contribution in [0.2, 0.25) is 0 Å². The van der Waals surface area contributed by atoms with E-state index >= 15 is 0 Å². The number of benzene rings is 1. The van der Waals surface area contributed by atoms with E-state index in [0.29, 0.717) is 46.3 Å². The first-order valence-corrected chi connectivity index (χ1v) is 10.4. The summed E-state index contributed by atoms with van der Waals surface area (Å²) in [4.78, 5) is 25.1. The molecule has 28 heavy (non-hydrogen) atoms. The van der Waals surface area contributed by atoms with E-state index in [1.807, 2.05) is 25.1 Å². The molecule has 0 atom stereocenters. The Hall–Kier alpha value is -2.06. The summed E-state index contributed by atoms with van der Waals surface area (Å²) in [5, 5.41) is 10.6. The number of rotatable bonds is 10. The van der Waals surface area contributed by atoms with E-state index in [9.17, 15) is 14.7 Å². The Balaban J connectivity index is 2.15. The fourth-order valence-corrected chi connectivity index (χ4v) is 3.79. The Bertz CT molecular complexity index is 776. The van der Waals surface area contributed by atoms with E-state index in [4.69, 9.17) is 21.7 Å². The van der Waals surface area contributed by atoms with Crippen LogP contribution in [-0.2, 0) is 9.59 Å². The lowest BCUT2D eigenvalue weighted by Gasteiger charge is -2.14. The normalized spacial score (nSPS) is 15.6. The first-order chi connectivity index (χ1) is 13.3. The zero-order chi connectivity index (χ0) is 20.7. The summed E-state index contributed by atoms with van der Waals surface area (Å²) in [6.45, 7) is 7.40. The molecule has 0 radical (unpaired) electrons. The van der Waals surface area contributed by atoms with E-state index < -0.39 is 5.97 Å². The predicted molar refractivity (Wildman–Crippen MR) is 112 cm³/mol. The molecule has 8 heteroatoms. The third-order valence-corrected chi connectivity index (χ3v) is 5.15. The number of carbonyl (C=O) groups is 2. The van der Waals surface area contributed by atoms with Gasteiger partial charge in [0.15, 0.2) is 11.5 Å². The maximum Gasteiger partial charge on any atom is 0.266 e. The third-order valence-electron chi connectivity index (χ3n) is 3.77. The van der Waals surface area contributed by atoms with E-state index in [1.165, 1.54) is 16.7 Å². The van der Waals surface area contributed by atoms with Crippen LogP contribution >= 0.6 is 24.0 Å². The summed E-state index contributed by atoms with van der Waals surface area (Å²) < 4.78 is 11.9. The van der Waals surface area contributed by atoms with E-state index in [0.717, 1.165) is 5.56 Å². The van der Waals surface area contributed by atoms with Crippen LogP contribution in [0.25, 0.3) is 6.08 Å². The van der Waals surface area contributed by atoms with Gasteiger partial charge < -0.3 is 19.4 Å². The Morgan fingerprint density at radius 3 is 2.71 bits per heavy atom. The van der Waals surface area contributed by atoms with Gasteiger partial charge in [-0.05, 0) is 49.5 Å². The highest BCUT2D eigenvalue weighted by Gasteiger charge is 2.31. The molecule has 2 rings (SSSR count).